The number of carbonyl (C=O) groups excluding carboxylic acids is 1. The van der Waals surface area contributed by atoms with Crippen molar-refractivity contribution in [2.45, 2.75) is 62.8 Å². The van der Waals surface area contributed by atoms with Gasteiger partial charge >= 0.3 is 0 Å². The van der Waals surface area contributed by atoms with E-state index in [1.807, 2.05) is 0 Å². The number of nitrogens with zero attached hydrogens (tertiary/aromatic N) is 1. The highest BCUT2D eigenvalue weighted by Crippen LogP contribution is 2.44. The molecule has 0 spiro atoms. The Hall–Kier alpha value is -1.40. The molecule has 3 aliphatic rings. The zero-order valence-electron chi connectivity index (χ0n) is 15.4. The second-order valence-electron chi connectivity index (χ2n) is 8.12. The molecule has 6 heteroatoms. The monoisotopic (exact) mass is 376 g/mol. The van der Waals surface area contributed by atoms with E-state index in [0.717, 1.165) is 19.3 Å². The molecule has 26 heavy (non-hydrogen) atoms. The van der Waals surface area contributed by atoms with Gasteiger partial charge in [0.25, 0.3) is 5.91 Å². The van der Waals surface area contributed by atoms with E-state index in [1.165, 1.54) is 25.7 Å². The summed E-state index contributed by atoms with van der Waals surface area (Å²) < 4.78 is 27.6. The number of aryl methyl sites for hydroxylation is 1. The van der Waals surface area contributed by atoms with Gasteiger partial charge in [-0.25, -0.2) is 8.42 Å². The second-order valence-corrected chi connectivity index (χ2v) is 10.0. The Kier molecular flexibility index (Phi) is 4.82. The molecular weight excluding hydrogens is 348 g/mol. The smallest absolute Gasteiger partial charge is 0.251 e. The topological polar surface area (TPSA) is 66.5 Å². The number of piperidine rings is 1. The summed E-state index contributed by atoms with van der Waals surface area (Å²) in [5.41, 5.74) is 1.16. The van der Waals surface area contributed by atoms with Gasteiger partial charge in [-0.2, -0.15) is 4.31 Å². The van der Waals surface area contributed by atoms with Crippen LogP contribution in [0.4, 0.5) is 0 Å². The van der Waals surface area contributed by atoms with Crippen LogP contribution in [0.3, 0.4) is 0 Å². The molecule has 0 atom stereocenters. The first kappa shape index (κ1) is 18.0. The van der Waals surface area contributed by atoms with E-state index < -0.39 is 10.0 Å². The van der Waals surface area contributed by atoms with E-state index in [-0.39, 0.29) is 16.8 Å². The zero-order valence-corrected chi connectivity index (χ0v) is 16.2. The molecule has 142 valence electrons. The lowest BCUT2D eigenvalue weighted by atomic mass is 10.1. The highest BCUT2D eigenvalue weighted by atomic mass is 32.2. The van der Waals surface area contributed by atoms with Crippen molar-refractivity contribution >= 4 is 15.9 Å². The predicted octanol–water partition coefficient (Wildman–Crippen LogP) is 3.09. The third-order valence-electron chi connectivity index (χ3n) is 5.94. The van der Waals surface area contributed by atoms with Gasteiger partial charge < -0.3 is 5.32 Å². The highest BCUT2D eigenvalue weighted by molar-refractivity contribution is 7.89. The van der Waals surface area contributed by atoms with Crippen molar-refractivity contribution in [2.75, 3.05) is 13.1 Å². The van der Waals surface area contributed by atoms with Crippen molar-refractivity contribution in [2.24, 2.45) is 11.8 Å². The van der Waals surface area contributed by atoms with Crippen LogP contribution in [-0.4, -0.2) is 37.8 Å². The standard InChI is InChI=1S/C20H28N2O3S/c1-14-5-6-17(20(23)21-19(15-7-8-15)16-9-10-16)13-18(14)26(24,25)22-11-3-2-4-12-22/h5-6,13,15-16,19H,2-4,7-12H2,1H3,(H,21,23). The highest BCUT2D eigenvalue weighted by Gasteiger charge is 2.42. The van der Waals surface area contributed by atoms with Gasteiger partial charge in [-0.05, 0) is 75.0 Å². The largest absolute Gasteiger partial charge is 0.349 e. The maximum Gasteiger partial charge on any atom is 0.251 e. The van der Waals surface area contributed by atoms with E-state index in [0.29, 0.717) is 36.1 Å². The Labute approximate surface area is 156 Å². The van der Waals surface area contributed by atoms with E-state index in [4.69, 9.17) is 0 Å². The first-order valence-electron chi connectivity index (χ1n) is 9.88. The summed E-state index contributed by atoms with van der Waals surface area (Å²) >= 11 is 0. The van der Waals surface area contributed by atoms with Crippen molar-refractivity contribution in [3.8, 4) is 0 Å². The molecule has 0 unspecified atom stereocenters. The number of hydrogen-bond acceptors (Lipinski definition) is 3. The van der Waals surface area contributed by atoms with Gasteiger partial charge in [0.15, 0.2) is 0 Å². The summed E-state index contributed by atoms with van der Waals surface area (Å²) in [5.74, 6) is 1.10. The van der Waals surface area contributed by atoms with Crippen molar-refractivity contribution in [3.05, 3.63) is 29.3 Å². The SMILES string of the molecule is Cc1ccc(C(=O)NC(C2CC2)C2CC2)cc1S(=O)(=O)N1CCCCC1. The molecule has 0 aromatic heterocycles. The fourth-order valence-electron chi connectivity index (χ4n) is 4.03. The maximum atomic E-state index is 13.0. The number of sulfonamides is 1. The van der Waals surface area contributed by atoms with Crippen molar-refractivity contribution < 1.29 is 13.2 Å². The van der Waals surface area contributed by atoms with Crippen molar-refractivity contribution in [1.82, 2.24) is 9.62 Å². The molecule has 1 amide bonds. The van der Waals surface area contributed by atoms with Gasteiger partial charge in [-0.15, -0.1) is 0 Å². The molecule has 1 saturated heterocycles. The Morgan fingerprint density at radius 3 is 2.27 bits per heavy atom. The van der Waals surface area contributed by atoms with Crippen LogP contribution >= 0.6 is 0 Å². The van der Waals surface area contributed by atoms with Crippen LogP contribution in [0.2, 0.25) is 0 Å². The van der Waals surface area contributed by atoms with E-state index in [2.05, 4.69) is 5.32 Å². The molecule has 2 saturated carbocycles. The second kappa shape index (κ2) is 6.97. The molecule has 1 heterocycles. The molecule has 0 radical (unpaired) electrons. The van der Waals surface area contributed by atoms with Crippen LogP contribution in [-0.2, 0) is 10.0 Å². The number of nitrogens with one attached hydrogen (secondary N) is 1. The Bertz CT molecular complexity index is 779. The minimum absolute atomic E-state index is 0.135. The number of amides is 1. The zero-order chi connectivity index (χ0) is 18.3. The van der Waals surface area contributed by atoms with Gasteiger partial charge in [0.1, 0.15) is 0 Å². The van der Waals surface area contributed by atoms with E-state index >= 15 is 0 Å². The summed E-state index contributed by atoms with van der Waals surface area (Å²) in [6.07, 6.45) is 7.69. The molecule has 1 aliphatic heterocycles. The van der Waals surface area contributed by atoms with Crippen LogP contribution in [0.5, 0.6) is 0 Å². The van der Waals surface area contributed by atoms with Crippen LogP contribution in [0, 0.1) is 18.8 Å². The van der Waals surface area contributed by atoms with Crippen LogP contribution < -0.4 is 5.32 Å². The number of benzene rings is 1. The lowest BCUT2D eigenvalue weighted by Crippen LogP contribution is -2.38. The minimum Gasteiger partial charge on any atom is -0.349 e. The molecule has 5 nitrogen and oxygen atoms in total. The van der Waals surface area contributed by atoms with E-state index in [1.54, 1.807) is 29.4 Å². The average Bonchev–Trinajstić information content (AvgIpc) is 3.54. The summed E-state index contributed by atoms with van der Waals surface area (Å²) in [6, 6.07) is 5.35. The number of rotatable bonds is 6. The Balaban J connectivity index is 1.56. The lowest BCUT2D eigenvalue weighted by Gasteiger charge is -2.26. The molecule has 4 rings (SSSR count). The third-order valence-corrected chi connectivity index (χ3v) is 7.98. The number of hydrogen-bond donors (Lipinski definition) is 1. The lowest BCUT2D eigenvalue weighted by molar-refractivity contribution is 0.0926. The molecular formula is C20H28N2O3S. The quantitative estimate of drug-likeness (QED) is 0.830. The minimum atomic E-state index is -3.53. The molecule has 0 bridgehead atoms. The van der Waals surface area contributed by atoms with E-state index in [9.17, 15) is 13.2 Å². The van der Waals surface area contributed by atoms with Gasteiger partial charge in [-0.1, -0.05) is 12.5 Å². The molecule has 1 N–H and O–H groups in total. The third kappa shape index (κ3) is 3.67. The summed E-state index contributed by atoms with van der Waals surface area (Å²) in [6.45, 7) is 2.95. The Morgan fingerprint density at radius 2 is 1.69 bits per heavy atom. The van der Waals surface area contributed by atoms with Crippen LogP contribution in [0.25, 0.3) is 0 Å². The van der Waals surface area contributed by atoms with Gasteiger partial charge in [0, 0.05) is 24.7 Å². The summed E-state index contributed by atoms with van der Waals surface area (Å²) in [7, 11) is -3.53. The van der Waals surface area contributed by atoms with Crippen LogP contribution in [0.15, 0.2) is 23.1 Å². The Morgan fingerprint density at radius 1 is 1.08 bits per heavy atom. The summed E-state index contributed by atoms with van der Waals surface area (Å²) in [4.78, 5) is 13.0. The average molecular weight is 377 g/mol. The van der Waals surface area contributed by atoms with Gasteiger partial charge in [0.05, 0.1) is 4.90 Å². The normalized spacial score (nSPS) is 21.8. The molecule has 3 fully saturated rings. The maximum absolute atomic E-state index is 13.0. The first-order chi connectivity index (χ1) is 12.5. The van der Waals surface area contributed by atoms with Gasteiger partial charge in [0.2, 0.25) is 10.0 Å². The first-order valence-corrected chi connectivity index (χ1v) is 11.3. The van der Waals surface area contributed by atoms with Gasteiger partial charge in [-0.3, -0.25) is 4.79 Å². The predicted molar refractivity (Wildman–Crippen MR) is 100 cm³/mol. The van der Waals surface area contributed by atoms with Crippen molar-refractivity contribution in [3.63, 3.8) is 0 Å². The van der Waals surface area contributed by atoms with Crippen LogP contribution in [0.1, 0.15) is 60.9 Å². The molecule has 1 aromatic carbocycles. The summed E-state index contributed by atoms with van der Waals surface area (Å²) in [5, 5.41) is 3.19. The van der Waals surface area contributed by atoms with Crippen molar-refractivity contribution in [1.29, 1.82) is 0 Å². The fourth-order valence-corrected chi connectivity index (χ4v) is 5.80. The fraction of sp³-hybridized carbons (Fsp3) is 0.650. The molecule has 2 aliphatic carbocycles. The molecule has 1 aromatic rings. The number of carbonyl (C=O) groups is 1.